The molecule has 2 aromatic rings. The molecule has 1 atom stereocenters. The molecule has 0 fully saturated rings. The molecule has 25 heavy (non-hydrogen) atoms. The first kappa shape index (κ1) is 19.3. The summed E-state index contributed by atoms with van der Waals surface area (Å²) in [4.78, 5) is 16.5. The van der Waals surface area contributed by atoms with Crippen molar-refractivity contribution in [1.82, 2.24) is 19.7 Å². The van der Waals surface area contributed by atoms with Crippen molar-refractivity contribution in [2.75, 3.05) is 33.7 Å². The SMILES string of the molecule is CCN(C(=O)NCCc1cn(C)c2cc(C)ccc12)C(C)CN(C)C. The average Bonchev–Trinajstić information content (AvgIpc) is 2.83. The Bertz CT molecular complexity index is 720. The van der Waals surface area contributed by atoms with E-state index in [0.717, 1.165) is 13.0 Å². The molecule has 138 valence electrons. The zero-order valence-corrected chi connectivity index (χ0v) is 16.5. The molecule has 0 aliphatic heterocycles. The lowest BCUT2D eigenvalue weighted by atomic mass is 10.1. The van der Waals surface area contributed by atoms with Gasteiger partial charge in [-0.15, -0.1) is 0 Å². The average molecular weight is 345 g/mol. The van der Waals surface area contributed by atoms with Crippen LogP contribution in [-0.4, -0.2) is 60.2 Å². The molecule has 1 heterocycles. The second-order valence-electron chi connectivity index (χ2n) is 7.17. The number of aromatic nitrogens is 1. The summed E-state index contributed by atoms with van der Waals surface area (Å²) in [7, 11) is 6.14. The van der Waals surface area contributed by atoms with Gasteiger partial charge in [-0.05, 0) is 58.5 Å². The number of rotatable bonds is 7. The Morgan fingerprint density at radius 3 is 2.68 bits per heavy atom. The van der Waals surface area contributed by atoms with Crippen LogP contribution in [0.25, 0.3) is 10.9 Å². The molecule has 0 aliphatic rings. The summed E-state index contributed by atoms with van der Waals surface area (Å²) in [5.74, 6) is 0. The van der Waals surface area contributed by atoms with Gasteiger partial charge < -0.3 is 19.7 Å². The largest absolute Gasteiger partial charge is 0.350 e. The van der Waals surface area contributed by atoms with Gasteiger partial charge in [-0.25, -0.2) is 4.79 Å². The maximum absolute atomic E-state index is 12.5. The summed E-state index contributed by atoms with van der Waals surface area (Å²) in [6.07, 6.45) is 3.01. The van der Waals surface area contributed by atoms with E-state index >= 15 is 0 Å². The van der Waals surface area contributed by atoms with Crippen molar-refractivity contribution in [3.63, 3.8) is 0 Å². The van der Waals surface area contributed by atoms with Gasteiger partial charge in [0.05, 0.1) is 0 Å². The van der Waals surface area contributed by atoms with E-state index in [2.05, 4.69) is 60.1 Å². The zero-order chi connectivity index (χ0) is 18.6. The highest BCUT2D eigenvalue weighted by Crippen LogP contribution is 2.22. The van der Waals surface area contributed by atoms with E-state index < -0.39 is 0 Å². The Morgan fingerprint density at radius 1 is 1.32 bits per heavy atom. The van der Waals surface area contributed by atoms with E-state index in [0.29, 0.717) is 13.1 Å². The van der Waals surface area contributed by atoms with Crippen molar-refractivity contribution >= 4 is 16.9 Å². The van der Waals surface area contributed by atoms with Gasteiger partial charge in [-0.3, -0.25) is 0 Å². The highest BCUT2D eigenvalue weighted by atomic mass is 16.2. The molecule has 1 N–H and O–H groups in total. The van der Waals surface area contributed by atoms with Gasteiger partial charge in [0.1, 0.15) is 0 Å². The van der Waals surface area contributed by atoms with Crippen LogP contribution in [0.5, 0.6) is 0 Å². The Hall–Kier alpha value is -2.01. The fourth-order valence-corrected chi connectivity index (χ4v) is 3.47. The van der Waals surface area contributed by atoms with Crippen LogP contribution >= 0.6 is 0 Å². The summed E-state index contributed by atoms with van der Waals surface area (Å²) in [5.41, 5.74) is 3.79. The molecule has 1 aromatic heterocycles. The summed E-state index contributed by atoms with van der Waals surface area (Å²) in [6, 6.07) is 6.75. The van der Waals surface area contributed by atoms with Crippen molar-refractivity contribution in [3.05, 3.63) is 35.5 Å². The second-order valence-corrected chi connectivity index (χ2v) is 7.17. The van der Waals surface area contributed by atoms with Crippen LogP contribution in [0.15, 0.2) is 24.4 Å². The van der Waals surface area contributed by atoms with Crippen LogP contribution in [0, 0.1) is 6.92 Å². The number of carbonyl (C=O) groups is 1. The molecule has 1 aromatic carbocycles. The number of benzene rings is 1. The zero-order valence-electron chi connectivity index (χ0n) is 16.5. The molecule has 0 bridgehead atoms. The topological polar surface area (TPSA) is 40.5 Å². The van der Waals surface area contributed by atoms with Crippen molar-refractivity contribution in [2.24, 2.45) is 7.05 Å². The first-order chi connectivity index (χ1) is 11.8. The predicted octanol–water partition coefficient (Wildman–Crippen LogP) is 3.01. The van der Waals surface area contributed by atoms with Crippen LogP contribution < -0.4 is 5.32 Å². The van der Waals surface area contributed by atoms with Crippen molar-refractivity contribution in [3.8, 4) is 0 Å². The Labute approximate surface area is 151 Å². The van der Waals surface area contributed by atoms with Crippen molar-refractivity contribution in [2.45, 2.75) is 33.2 Å². The maximum atomic E-state index is 12.5. The van der Waals surface area contributed by atoms with E-state index in [1.165, 1.54) is 22.0 Å². The fraction of sp³-hybridized carbons (Fsp3) is 0.550. The Kier molecular flexibility index (Phi) is 6.48. The van der Waals surface area contributed by atoms with E-state index in [1.54, 1.807) is 0 Å². The van der Waals surface area contributed by atoms with E-state index in [1.807, 2.05) is 25.9 Å². The Morgan fingerprint density at radius 2 is 2.04 bits per heavy atom. The molecule has 0 radical (unpaired) electrons. The first-order valence-corrected chi connectivity index (χ1v) is 9.07. The van der Waals surface area contributed by atoms with Crippen LogP contribution in [-0.2, 0) is 13.5 Å². The van der Waals surface area contributed by atoms with Gasteiger partial charge in [0.15, 0.2) is 0 Å². The summed E-state index contributed by atoms with van der Waals surface area (Å²) in [5, 5.41) is 4.35. The lowest BCUT2D eigenvalue weighted by molar-refractivity contribution is 0.169. The van der Waals surface area contributed by atoms with Crippen LogP contribution in [0.2, 0.25) is 0 Å². The number of urea groups is 1. The molecule has 2 rings (SSSR count). The number of carbonyl (C=O) groups excluding carboxylic acids is 1. The lowest BCUT2D eigenvalue weighted by Crippen LogP contribution is -2.48. The van der Waals surface area contributed by atoms with Gasteiger partial charge in [0, 0.05) is 49.8 Å². The molecule has 0 saturated heterocycles. The van der Waals surface area contributed by atoms with Gasteiger partial charge in [-0.1, -0.05) is 12.1 Å². The second kappa shape index (κ2) is 8.39. The van der Waals surface area contributed by atoms with Gasteiger partial charge in [0.2, 0.25) is 0 Å². The number of aryl methyl sites for hydroxylation is 2. The van der Waals surface area contributed by atoms with Crippen LogP contribution in [0.3, 0.4) is 0 Å². The summed E-state index contributed by atoms with van der Waals surface area (Å²) in [6.45, 7) is 8.46. The predicted molar refractivity (Wildman–Crippen MR) is 105 cm³/mol. The molecule has 1 unspecified atom stereocenters. The molecule has 0 saturated carbocycles. The minimum Gasteiger partial charge on any atom is -0.350 e. The van der Waals surface area contributed by atoms with Gasteiger partial charge >= 0.3 is 6.03 Å². The minimum atomic E-state index is 0.0212. The molecule has 0 aliphatic carbocycles. The quantitative estimate of drug-likeness (QED) is 0.839. The minimum absolute atomic E-state index is 0.0212. The molecule has 5 nitrogen and oxygen atoms in total. The number of fused-ring (bicyclic) bond motifs is 1. The number of nitrogens with one attached hydrogen (secondary N) is 1. The van der Waals surface area contributed by atoms with Crippen molar-refractivity contribution < 1.29 is 4.79 Å². The number of hydrogen-bond acceptors (Lipinski definition) is 2. The molecule has 2 amide bonds. The Balaban J connectivity index is 1.97. The van der Waals surface area contributed by atoms with Crippen LogP contribution in [0.1, 0.15) is 25.0 Å². The fourth-order valence-electron chi connectivity index (χ4n) is 3.47. The third-order valence-electron chi connectivity index (χ3n) is 4.66. The van der Waals surface area contributed by atoms with Gasteiger partial charge in [0.25, 0.3) is 0 Å². The normalized spacial score (nSPS) is 12.6. The van der Waals surface area contributed by atoms with E-state index in [-0.39, 0.29) is 12.1 Å². The standard InChI is InChI=1S/C20H32N4O/c1-7-24(16(3)13-22(4)5)20(25)21-11-10-17-14-23(6)19-12-15(2)8-9-18(17)19/h8-9,12,14,16H,7,10-11,13H2,1-6H3,(H,21,25). The highest BCUT2D eigenvalue weighted by Gasteiger charge is 2.18. The lowest BCUT2D eigenvalue weighted by Gasteiger charge is -2.30. The van der Waals surface area contributed by atoms with Crippen LogP contribution in [0.4, 0.5) is 4.79 Å². The highest BCUT2D eigenvalue weighted by molar-refractivity contribution is 5.84. The van der Waals surface area contributed by atoms with E-state index in [4.69, 9.17) is 0 Å². The third-order valence-corrected chi connectivity index (χ3v) is 4.66. The number of likely N-dealkylation sites (N-methyl/N-ethyl adjacent to an activating group) is 2. The summed E-state index contributed by atoms with van der Waals surface area (Å²) < 4.78 is 2.16. The first-order valence-electron chi connectivity index (χ1n) is 9.07. The van der Waals surface area contributed by atoms with Crippen molar-refractivity contribution in [1.29, 1.82) is 0 Å². The summed E-state index contributed by atoms with van der Waals surface area (Å²) >= 11 is 0. The third kappa shape index (κ3) is 4.75. The maximum Gasteiger partial charge on any atom is 0.317 e. The van der Waals surface area contributed by atoms with Gasteiger partial charge in [-0.2, -0.15) is 0 Å². The number of nitrogens with zero attached hydrogens (tertiary/aromatic N) is 3. The number of amides is 2. The monoisotopic (exact) mass is 344 g/mol. The molecular weight excluding hydrogens is 312 g/mol. The molecule has 5 heteroatoms. The number of hydrogen-bond donors (Lipinski definition) is 1. The molecule has 0 spiro atoms. The van der Waals surface area contributed by atoms with E-state index in [9.17, 15) is 4.79 Å². The molecular formula is C20H32N4O. The smallest absolute Gasteiger partial charge is 0.317 e.